The molecule has 1 aromatic carbocycles. The van der Waals surface area contributed by atoms with E-state index in [0.717, 1.165) is 16.9 Å². The van der Waals surface area contributed by atoms with Crippen molar-refractivity contribution in [1.82, 2.24) is 4.98 Å². The van der Waals surface area contributed by atoms with Gasteiger partial charge in [-0.15, -0.1) is 0 Å². The lowest BCUT2D eigenvalue weighted by atomic mass is 10.2. The van der Waals surface area contributed by atoms with E-state index < -0.39 is 12.1 Å². The molecular formula is C15H15BrN2O4S. The van der Waals surface area contributed by atoms with Gasteiger partial charge in [0.1, 0.15) is 11.6 Å². The summed E-state index contributed by atoms with van der Waals surface area (Å²) in [5.74, 6) is -0.577. The van der Waals surface area contributed by atoms with Crippen molar-refractivity contribution in [3.05, 3.63) is 45.5 Å². The molecule has 0 saturated heterocycles. The number of esters is 1. The van der Waals surface area contributed by atoms with Crippen molar-refractivity contribution in [2.45, 2.75) is 13.5 Å². The van der Waals surface area contributed by atoms with E-state index >= 15 is 0 Å². The van der Waals surface area contributed by atoms with Crippen molar-refractivity contribution >= 4 is 44.3 Å². The molecule has 1 amide bonds. The Morgan fingerprint density at radius 2 is 1.96 bits per heavy atom. The van der Waals surface area contributed by atoms with E-state index in [1.165, 1.54) is 11.9 Å². The van der Waals surface area contributed by atoms with Gasteiger partial charge in [-0.1, -0.05) is 41.7 Å². The van der Waals surface area contributed by atoms with Crippen LogP contribution in [-0.4, -0.2) is 30.7 Å². The van der Waals surface area contributed by atoms with E-state index in [1.807, 2.05) is 30.3 Å². The summed E-state index contributed by atoms with van der Waals surface area (Å²) in [5.41, 5.74) is 0.966. The maximum Gasteiger partial charge on any atom is 0.415 e. The fourth-order valence-electron chi connectivity index (χ4n) is 1.75. The maximum absolute atomic E-state index is 12.2. The molecule has 1 aromatic heterocycles. The minimum atomic E-state index is -0.577. The molecule has 0 aliphatic carbocycles. The van der Waals surface area contributed by atoms with E-state index in [2.05, 4.69) is 20.9 Å². The van der Waals surface area contributed by atoms with Crippen LogP contribution in [0.3, 0.4) is 0 Å². The van der Waals surface area contributed by atoms with Gasteiger partial charge in [0.05, 0.1) is 6.61 Å². The lowest BCUT2D eigenvalue weighted by molar-refractivity contribution is 0.0521. The predicted molar refractivity (Wildman–Crippen MR) is 90.8 cm³/mol. The number of rotatable bonds is 5. The maximum atomic E-state index is 12.2. The molecule has 0 aliphatic heterocycles. The van der Waals surface area contributed by atoms with Gasteiger partial charge in [0.15, 0.2) is 9.61 Å². The number of ether oxygens (including phenoxy) is 2. The molecule has 1 heterocycles. The Labute approximate surface area is 146 Å². The molecule has 2 rings (SSSR count). The smallest absolute Gasteiger partial charge is 0.415 e. The summed E-state index contributed by atoms with van der Waals surface area (Å²) in [7, 11) is 1.52. The first-order valence-corrected chi connectivity index (χ1v) is 8.41. The van der Waals surface area contributed by atoms with Crippen molar-refractivity contribution in [1.29, 1.82) is 0 Å². The summed E-state index contributed by atoms with van der Waals surface area (Å²) in [6, 6.07) is 9.34. The Hall–Kier alpha value is -1.93. The van der Waals surface area contributed by atoms with Gasteiger partial charge in [0.2, 0.25) is 0 Å². The second kappa shape index (κ2) is 8.07. The third-order valence-corrected chi connectivity index (χ3v) is 4.42. The average molecular weight is 399 g/mol. The Bertz CT molecular complexity index is 690. The van der Waals surface area contributed by atoms with Crippen molar-refractivity contribution in [2.24, 2.45) is 0 Å². The summed E-state index contributed by atoms with van der Waals surface area (Å²) in [6.07, 6.45) is -0.574. The van der Waals surface area contributed by atoms with E-state index in [1.54, 1.807) is 6.92 Å². The zero-order valence-corrected chi connectivity index (χ0v) is 15.0. The van der Waals surface area contributed by atoms with Crippen LogP contribution in [0.4, 0.5) is 9.80 Å². The topological polar surface area (TPSA) is 68.7 Å². The Morgan fingerprint density at radius 3 is 2.61 bits per heavy atom. The predicted octanol–water partition coefficient (Wildman–Crippen LogP) is 3.86. The first kappa shape index (κ1) is 17.4. The Morgan fingerprint density at radius 1 is 1.26 bits per heavy atom. The van der Waals surface area contributed by atoms with Gasteiger partial charge in [0, 0.05) is 7.05 Å². The fraction of sp³-hybridized carbons (Fsp3) is 0.267. The number of benzene rings is 1. The van der Waals surface area contributed by atoms with Crippen LogP contribution in [-0.2, 0) is 16.1 Å². The van der Waals surface area contributed by atoms with Gasteiger partial charge in [0.25, 0.3) is 0 Å². The number of thiazole rings is 1. The summed E-state index contributed by atoms with van der Waals surface area (Å²) in [6.45, 7) is 2.09. The second-order valence-corrected chi connectivity index (χ2v) is 6.69. The van der Waals surface area contributed by atoms with Gasteiger partial charge < -0.3 is 9.47 Å². The van der Waals surface area contributed by atoms with Crippen LogP contribution in [0.15, 0.2) is 34.2 Å². The summed E-state index contributed by atoms with van der Waals surface area (Å²) in [4.78, 5) is 29.4. The molecule has 0 bridgehead atoms. The molecule has 0 aliphatic rings. The summed E-state index contributed by atoms with van der Waals surface area (Å²) >= 11 is 4.37. The highest BCUT2D eigenvalue weighted by atomic mass is 79.9. The van der Waals surface area contributed by atoms with E-state index in [0.29, 0.717) is 8.92 Å². The lowest BCUT2D eigenvalue weighted by Gasteiger charge is -2.16. The quantitative estimate of drug-likeness (QED) is 0.715. The van der Waals surface area contributed by atoms with Crippen LogP contribution in [0, 0.1) is 0 Å². The van der Waals surface area contributed by atoms with Gasteiger partial charge in [-0.3, -0.25) is 4.90 Å². The molecule has 0 unspecified atom stereocenters. The largest absolute Gasteiger partial charge is 0.461 e. The molecule has 0 spiro atoms. The summed E-state index contributed by atoms with van der Waals surface area (Å²) in [5, 5.41) is 0.369. The number of hydrogen-bond donors (Lipinski definition) is 0. The summed E-state index contributed by atoms with van der Waals surface area (Å²) < 4.78 is 10.7. The fourth-order valence-corrected chi connectivity index (χ4v) is 3.12. The van der Waals surface area contributed by atoms with Crippen LogP contribution in [0.2, 0.25) is 0 Å². The highest BCUT2D eigenvalue weighted by Gasteiger charge is 2.25. The third-order valence-electron chi connectivity index (χ3n) is 2.84. The van der Waals surface area contributed by atoms with Crippen molar-refractivity contribution in [3.63, 3.8) is 0 Å². The average Bonchev–Trinajstić information content (AvgIpc) is 2.95. The number of halogens is 1. The number of carbonyl (C=O) groups excluding carboxylic acids is 2. The molecule has 0 saturated carbocycles. The number of anilines is 1. The number of amides is 1. The lowest BCUT2D eigenvalue weighted by Crippen LogP contribution is -2.28. The van der Waals surface area contributed by atoms with Crippen LogP contribution < -0.4 is 4.90 Å². The first-order chi connectivity index (χ1) is 11.0. The van der Waals surface area contributed by atoms with E-state index in [4.69, 9.17) is 9.47 Å². The van der Waals surface area contributed by atoms with Gasteiger partial charge in [-0.25, -0.2) is 14.6 Å². The molecule has 2 aromatic rings. The molecule has 0 fully saturated rings. The van der Waals surface area contributed by atoms with Crippen molar-refractivity contribution in [2.75, 3.05) is 18.6 Å². The highest BCUT2D eigenvalue weighted by Crippen LogP contribution is 2.32. The molecule has 0 radical (unpaired) electrons. The minimum absolute atomic E-state index is 0.0860. The molecule has 0 atom stereocenters. The number of nitrogens with zero attached hydrogens (tertiary/aromatic N) is 2. The molecule has 0 N–H and O–H groups in total. The number of carbonyl (C=O) groups is 2. The zero-order chi connectivity index (χ0) is 16.8. The first-order valence-electron chi connectivity index (χ1n) is 6.80. The van der Waals surface area contributed by atoms with Gasteiger partial charge in [-0.2, -0.15) is 0 Å². The molecular weight excluding hydrogens is 384 g/mol. The molecule has 23 heavy (non-hydrogen) atoms. The second-order valence-electron chi connectivity index (χ2n) is 4.44. The third kappa shape index (κ3) is 4.52. The normalized spacial score (nSPS) is 10.2. The SMILES string of the molecule is CCOC(=O)c1nc(Br)sc1N(C)C(=O)OCc1ccccc1. The van der Waals surface area contributed by atoms with Crippen molar-refractivity contribution in [3.8, 4) is 0 Å². The molecule has 122 valence electrons. The molecule has 8 heteroatoms. The van der Waals surface area contributed by atoms with E-state index in [-0.39, 0.29) is 18.9 Å². The van der Waals surface area contributed by atoms with Crippen LogP contribution >= 0.6 is 27.3 Å². The highest BCUT2D eigenvalue weighted by molar-refractivity contribution is 9.11. The molecule has 6 nitrogen and oxygen atoms in total. The number of hydrogen-bond acceptors (Lipinski definition) is 6. The van der Waals surface area contributed by atoms with Gasteiger partial charge >= 0.3 is 12.1 Å². The standard InChI is InChI=1S/C15H15BrN2O4S/c1-3-21-13(19)11-12(23-14(16)17-11)18(2)15(20)22-9-10-7-5-4-6-8-10/h4-8H,3,9H2,1-2H3. The van der Waals surface area contributed by atoms with Crippen molar-refractivity contribution < 1.29 is 19.1 Å². The van der Waals surface area contributed by atoms with Crippen LogP contribution in [0.1, 0.15) is 23.0 Å². The van der Waals surface area contributed by atoms with Crippen LogP contribution in [0.25, 0.3) is 0 Å². The van der Waals surface area contributed by atoms with Crippen LogP contribution in [0.5, 0.6) is 0 Å². The zero-order valence-electron chi connectivity index (χ0n) is 12.6. The Balaban J connectivity index is 2.08. The number of aromatic nitrogens is 1. The Kier molecular flexibility index (Phi) is 6.12. The van der Waals surface area contributed by atoms with Gasteiger partial charge in [-0.05, 0) is 28.4 Å². The minimum Gasteiger partial charge on any atom is -0.461 e. The monoisotopic (exact) mass is 398 g/mol. The van der Waals surface area contributed by atoms with E-state index in [9.17, 15) is 9.59 Å².